The van der Waals surface area contributed by atoms with Crippen LogP contribution in [0.15, 0.2) is 94.6 Å². The summed E-state index contributed by atoms with van der Waals surface area (Å²) in [7, 11) is 1.58. The maximum absolute atomic E-state index is 13.4. The largest absolute Gasteiger partial charge is 0.497 e. The minimum Gasteiger partial charge on any atom is -0.497 e. The Balaban J connectivity index is 1.49. The van der Waals surface area contributed by atoms with E-state index in [4.69, 9.17) is 28.0 Å². The van der Waals surface area contributed by atoms with E-state index in [1.807, 2.05) is 42.5 Å². The van der Waals surface area contributed by atoms with Gasteiger partial charge in [0, 0.05) is 29.6 Å². The van der Waals surface area contributed by atoms with Crippen molar-refractivity contribution in [3.8, 4) is 17.6 Å². The Morgan fingerprint density at radius 2 is 1.55 bits per heavy atom. The highest BCUT2D eigenvalue weighted by atomic mass is 32.2. The van der Waals surface area contributed by atoms with E-state index in [0.29, 0.717) is 11.3 Å². The number of nitrogens with zero attached hydrogens (tertiary/aromatic N) is 3. The van der Waals surface area contributed by atoms with Gasteiger partial charge in [-0.2, -0.15) is 5.26 Å². The number of methoxy groups -OCH3 is 2. The van der Waals surface area contributed by atoms with Gasteiger partial charge in [-0.25, -0.2) is 9.46 Å². The number of hydrogen-bond donors (Lipinski definition) is 1. The molecular formula is C41H49N4O8PS. The number of nitrogens with one attached hydrogen (secondary N) is 1. The summed E-state index contributed by atoms with van der Waals surface area (Å²) in [5.74, 6) is 1.83. The summed E-state index contributed by atoms with van der Waals surface area (Å²) < 4.78 is 41.0. The maximum atomic E-state index is 13.4. The van der Waals surface area contributed by atoms with Crippen LogP contribution in [0.3, 0.4) is 0 Å². The van der Waals surface area contributed by atoms with Crippen LogP contribution in [-0.4, -0.2) is 77.3 Å². The highest BCUT2D eigenvalue weighted by molar-refractivity contribution is 8.00. The maximum Gasteiger partial charge on any atom is 0.330 e. The lowest BCUT2D eigenvalue weighted by molar-refractivity contribution is -0.165. The van der Waals surface area contributed by atoms with E-state index < -0.39 is 48.6 Å². The molecule has 55 heavy (non-hydrogen) atoms. The molecule has 0 spiro atoms. The second kappa shape index (κ2) is 17.4. The fraction of sp³-hybridized carbons (Fsp3) is 0.439. The summed E-state index contributed by atoms with van der Waals surface area (Å²) in [4.78, 5) is 28.2. The number of nitriles is 1. The SMILES string of the molecule is COc1ccc(C(SC[C@@]23COC([C@H](n4cc(C)c(=O)[nH]c4=O)O2)[C@H]3OP(OCCC#N)N(C(C)C)C(C)C)(c2ccccc2)c2ccc(OC)cc2)cc1. The highest BCUT2D eigenvalue weighted by Crippen LogP contribution is 2.58. The first-order valence-electron chi connectivity index (χ1n) is 18.3. The molecule has 6 rings (SSSR count). The van der Waals surface area contributed by atoms with Gasteiger partial charge in [0.05, 0.1) is 44.7 Å². The topological polar surface area (TPSA) is 137 Å². The van der Waals surface area contributed by atoms with Crippen LogP contribution in [0, 0.1) is 18.3 Å². The molecule has 0 radical (unpaired) electrons. The van der Waals surface area contributed by atoms with E-state index in [1.54, 1.807) is 32.9 Å². The molecule has 5 atom stereocenters. The van der Waals surface area contributed by atoms with Crippen molar-refractivity contribution in [3.05, 3.63) is 128 Å². The second-order valence-electron chi connectivity index (χ2n) is 14.2. The van der Waals surface area contributed by atoms with Crippen LogP contribution in [0.5, 0.6) is 11.5 Å². The molecule has 3 aromatic carbocycles. The van der Waals surface area contributed by atoms with Crippen molar-refractivity contribution in [2.75, 3.05) is 33.2 Å². The molecule has 0 aliphatic carbocycles. The summed E-state index contributed by atoms with van der Waals surface area (Å²) in [6.07, 6.45) is -0.609. The molecule has 2 aliphatic rings. The number of aryl methyl sites for hydroxylation is 1. The van der Waals surface area contributed by atoms with Crippen molar-refractivity contribution < 1.29 is 28.0 Å². The van der Waals surface area contributed by atoms with Crippen LogP contribution in [0.25, 0.3) is 0 Å². The van der Waals surface area contributed by atoms with Crippen LogP contribution >= 0.6 is 20.3 Å². The smallest absolute Gasteiger partial charge is 0.330 e. The number of aromatic nitrogens is 2. The van der Waals surface area contributed by atoms with E-state index in [-0.39, 0.29) is 31.7 Å². The van der Waals surface area contributed by atoms with E-state index in [0.717, 1.165) is 28.2 Å². The third kappa shape index (κ3) is 8.14. The van der Waals surface area contributed by atoms with Crippen molar-refractivity contribution in [3.63, 3.8) is 0 Å². The third-order valence-corrected chi connectivity index (χ3v) is 13.9. The molecule has 2 saturated heterocycles. The number of thioether (sulfide) groups is 1. The second-order valence-corrected chi connectivity index (χ2v) is 16.8. The van der Waals surface area contributed by atoms with Crippen LogP contribution in [0.2, 0.25) is 0 Å². The normalized spacial score (nSPS) is 21.3. The Morgan fingerprint density at radius 3 is 2.09 bits per heavy atom. The lowest BCUT2D eigenvalue weighted by Crippen LogP contribution is -2.46. The molecule has 2 aliphatic heterocycles. The zero-order valence-electron chi connectivity index (χ0n) is 32.3. The van der Waals surface area contributed by atoms with Gasteiger partial charge in [0.15, 0.2) is 6.23 Å². The molecule has 2 fully saturated rings. The highest BCUT2D eigenvalue weighted by Gasteiger charge is 2.65. The number of benzene rings is 3. The molecule has 2 unspecified atom stereocenters. The Morgan fingerprint density at radius 1 is 0.964 bits per heavy atom. The Bertz CT molecular complexity index is 2000. The molecule has 2 bridgehead atoms. The fourth-order valence-corrected chi connectivity index (χ4v) is 10.8. The van der Waals surface area contributed by atoms with Gasteiger partial charge in [-0.3, -0.25) is 14.3 Å². The molecule has 0 amide bonds. The zero-order valence-corrected chi connectivity index (χ0v) is 34.0. The summed E-state index contributed by atoms with van der Waals surface area (Å²) in [5.41, 5.74) is 1.27. The lowest BCUT2D eigenvalue weighted by Gasteiger charge is -2.41. The number of rotatable bonds is 17. The molecular weight excluding hydrogens is 740 g/mol. The van der Waals surface area contributed by atoms with Crippen molar-refractivity contribution in [1.82, 2.24) is 14.2 Å². The lowest BCUT2D eigenvalue weighted by atomic mass is 9.84. The molecule has 12 nitrogen and oxygen atoms in total. The number of ether oxygens (including phenoxy) is 4. The molecule has 292 valence electrons. The summed E-state index contributed by atoms with van der Waals surface area (Å²) in [6, 6.07) is 28.7. The zero-order chi connectivity index (χ0) is 39.3. The van der Waals surface area contributed by atoms with E-state index in [1.165, 1.54) is 10.8 Å². The van der Waals surface area contributed by atoms with Crippen LogP contribution < -0.4 is 20.7 Å². The molecule has 1 N–H and O–H groups in total. The summed E-state index contributed by atoms with van der Waals surface area (Å²) in [5, 5.41) is 9.38. The van der Waals surface area contributed by atoms with Crippen molar-refractivity contribution in [2.24, 2.45) is 0 Å². The van der Waals surface area contributed by atoms with E-state index in [2.05, 4.69) is 79.8 Å². The minimum atomic E-state index is -1.72. The molecule has 3 heterocycles. The van der Waals surface area contributed by atoms with Gasteiger partial charge < -0.3 is 28.0 Å². The average Bonchev–Trinajstić information content (AvgIpc) is 3.68. The quantitative estimate of drug-likeness (QED) is 0.0679. The van der Waals surface area contributed by atoms with Crippen LogP contribution in [0.4, 0.5) is 0 Å². The number of aromatic amines is 1. The van der Waals surface area contributed by atoms with E-state index in [9.17, 15) is 14.9 Å². The summed E-state index contributed by atoms with van der Waals surface area (Å²) in [6.45, 7) is 10.3. The Hall–Kier alpha value is -3.99. The molecule has 14 heteroatoms. The van der Waals surface area contributed by atoms with Crippen LogP contribution in [0.1, 0.15) is 62.6 Å². The monoisotopic (exact) mass is 788 g/mol. The van der Waals surface area contributed by atoms with Crippen molar-refractivity contribution in [1.29, 1.82) is 5.26 Å². The predicted molar refractivity (Wildman–Crippen MR) is 214 cm³/mol. The van der Waals surface area contributed by atoms with Gasteiger partial charge in [0.1, 0.15) is 29.3 Å². The minimum absolute atomic E-state index is 0.0514. The van der Waals surface area contributed by atoms with Gasteiger partial charge in [-0.15, -0.1) is 11.8 Å². The van der Waals surface area contributed by atoms with Gasteiger partial charge in [0.25, 0.3) is 14.1 Å². The molecule has 4 aromatic rings. The van der Waals surface area contributed by atoms with Gasteiger partial charge >= 0.3 is 5.69 Å². The average molecular weight is 789 g/mol. The van der Waals surface area contributed by atoms with E-state index >= 15 is 0 Å². The van der Waals surface area contributed by atoms with Gasteiger partial charge in [0.2, 0.25) is 0 Å². The number of hydrogen-bond acceptors (Lipinski definition) is 11. The Labute approximate surface area is 327 Å². The van der Waals surface area contributed by atoms with Crippen LogP contribution in [-0.2, 0) is 23.3 Å². The standard InChI is InChI=1S/C41H49N4O8PS/c1-27(2)45(28(3)4)54(51-23-11-22-42)53-36-35-38(44-24-29(5)37(46)43-39(44)47)52-40(36,25-50-35)26-55-41(30-12-9-8-10-13-30,31-14-18-33(48-6)19-15-31)32-16-20-34(49-7)21-17-32/h8-10,12-21,24,27-28,35-36,38H,11,23,25-26H2,1-7H3,(H,43,46,47)/t35?,36-,38-,40-,54?/m1/s1. The first-order valence-corrected chi connectivity index (χ1v) is 20.4. The van der Waals surface area contributed by atoms with Gasteiger partial charge in [-0.05, 0) is 75.6 Å². The van der Waals surface area contributed by atoms with Gasteiger partial charge in [-0.1, -0.05) is 54.6 Å². The first kappa shape index (κ1) is 40.7. The predicted octanol–water partition coefficient (Wildman–Crippen LogP) is 6.92. The Kier molecular flexibility index (Phi) is 12.9. The third-order valence-electron chi connectivity index (χ3n) is 9.97. The molecule has 1 aromatic heterocycles. The van der Waals surface area contributed by atoms with Crippen molar-refractivity contribution >= 4 is 20.3 Å². The van der Waals surface area contributed by atoms with Crippen molar-refractivity contribution in [2.45, 2.75) is 81.9 Å². The molecule has 0 saturated carbocycles. The first-order chi connectivity index (χ1) is 26.5. The number of fused-ring (bicyclic) bond motifs is 2. The number of H-pyrrole nitrogens is 1. The fourth-order valence-electron chi connectivity index (χ4n) is 7.35. The summed E-state index contributed by atoms with van der Waals surface area (Å²) >= 11 is 1.68.